The summed E-state index contributed by atoms with van der Waals surface area (Å²) in [4.78, 5) is 51.2. The van der Waals surface area contributed by atoms with Crippen LogP contribution in [-0.2, 0) is 0 Å². The number of nitro benzene ring substituents is 2. The zero-order valence-electron chi connectivity index (χ0n) is 18.3. The molecule has 0 unspecified atom stereocenters. The molecule has 12 nitrogen and oxygen atoms in total. The van der Waals surface area contributed by atoms with Crippen molar-refractivity contribution in [1.29, 1.82) is 0 Å². The molecule has 4 rings (SSSR count). The van der Waals surface area contributed by atoms with E-state index in [1.807, 2.05) is 0 Å². The van der Waals surface area contributed by atoms with Crippen LogP contribution >= 0.6 is 11.3 Å². The molecule has 0 bridgehead atoms. The Morgan fingerprint density at radius 2 is 1.74 bits per heavy atom. The molecular weight excluding hydrogens is 476 g/mol. The normalized spacial score (nSPS) is 10.7. The van der Waals surface area contributed by atoms with E-state index >= 15 is 0 Å². The summed E-state index contributed by atoms with van der Waals surface area (Å²) in [6.45, 7) is 3.17. The predicted octanol–water partition coefficient (Wildman–Crippen LogP) is 4.04. The molecule has 2 aromatic carbocycles. The van der Waals surface area contributed by atoms with Gasteiger partial charge in [0.2, 0.25) is 5.43 Å². The smallest absolute Gasteiger partial charge is 0.294 e. The molecule has 1 amide bonds. The first kappa shape index (κ1) is 23.4. The Labute approximate surface area is 200 Å². The number of rotatable bonds is 6. The van der Waals surface area contributed by atoms with Gasteiger partial charge in [-0.05, 0) is 19.9 Å². The third-order valence-electron chi connectivity index (χ3n) is 5.06. The number of carbonyl (C=O) groups excluding carboxylic acids is 1. The average Bonchev–Trinajstić information content (AvgIpc) is 3.27. The summed E-state index contributed by atoms with van der Waals surface area (Å²) in [5.41, 5.74) is 0.365. The summed E-state index contributed by atoms with van der Waals surface area (Å²) in [6, 6.07) is 11.7. The molecule has 13 heteroatoms. The first-order chi connectivity index (χ1) is 16.7. The van der Waals surface area contributed by atoms with Gasteiger partial charge in [0.25, 0.3) is 17.3 Å². The maximum absolute atomic E-state index is 12.8. The fraction of sp³-hybridized carbons (Fsp3) is 0.0909. The van der Waals surface area contributed by atoms with E-state index in [2.05, 4.69) is 15.4 Å². The van der Waals surface area contributed by atoms with Crippen LogP contribution in [0.25, 0.3) is 16.9 Å². The van der Waals surface area contributed by atoms with Gasteiger partial charge in [-0.2, -0.15) is 5.10 Å². The number of amides is 1. The first-order valence-electron chi connectivity index (χ1n) is 10.0. The Balaban J connectivity index is 1.65. The molecule has 0 saturated heterocycles. The van der Waals surface area contributed by atoms with Crippen molar-refractivity contribution in [3.05, 3.63) is 101 Å². The number of nitrogens with zero attached hydrogens (tertiary/aromatic N) is 5. The Hall–Kier alpha value is -4.78. The van der Waals surface area contributed by atoms with Crippen molar-refractivity contribution in [1.82, 2.24) is 14.8 Å². The van der Waals surface area contributed by atoms with Gasteiger partial charge in [-0.1, -0.05) is 24.3 Å². The number of nitrogens with one attached hydrogen (secondary N) is 1. The molecule has 0 atom stereocenters. The van der Waals surface area contributed by atoms with Crippen LogP contribution < -0.4 is 10.7 Å². The summed E-state index contributed by atoms with van der Waals surface area (Å²) in [5.74, 6) is -0.849. The quantitative estimate of drug-likeness (QED) is 0.311. The van der Waals surface area contributed by atoms with E-state index in [-0.39, 0.29) is 22.2 Å². The predicted molar refractivity (Wildman–Crippen MR) is 128 cm³/mol. The maximum atomic E-state index is 12.8. The second-order valence-corrected chi connectivity index (χ2v) is 8.26. The molecule has 0 aliphatic rings. The van der Waals surface area contributed by atoms with Crippen molar-refractivity contribution >= 4 is 33.8 Å². The number of hydrogen-bond acceptors (Lipinski definition) is 9. The molecule has 2 heterocycles. The van der Waals surface area contributed by atoms with Gasteiger partial charge < -0.3 is 0 Å². The van der Waals surface area contributed by atoms with Gasteiger partial charge in [0.1, 0.15) is 5.69 Å². The molecule has 0 aliphatic carbocycles. The van der Waals surface area contributed by atoms with Crippen LogP contribution in [0.1, 0.15) is 21.7 Å². The van der Waals surface area contributed by atoms with E-state index in [1.54, 1.807) is 37.4 Å². The highest BCUT2D eigenvalue weighted by atomic mass is 32.1. The molecule has 0 radical (unpaired) electrons. The van der Waals surface area contributed by atoms with Gasteiger partial charge in [0.05, 0.1) is 15.5 Å². The van der Waals surface area contributed by atoms with Gasteiger partial charge in [0, 0.05) is 40.4 Å². The lowest BCUT2D eigenvalue weighted by Crippen LogP contribution is -2.27. The largest absolute Gasteiger partial charge is 0.296 e. The van der Waals surface area contributed by atoms with E-state index in [1.165, 1.54) is 24.3 Å². The second kappa shape index (κ2) is 9.23. The van der Waals surface area contributed by atoms with Crippen LogP contribution in [0.4, 0.5) is 16.5 Å². The Morgan fingerprint density at radius 3 is 2.46 bits per heavy atom. The van der Waals surface area contributed by atoms with E-state index in [4.69, 9.17) is 0 Å². The van der Waals surface area contributed by atoms with Crippen molar-refractivity contribution in [2.45, 2.75) is 13.8 Å². The SMILES string of the molecule is Cc1ccc(-c2csc(NC(=O)c3nn(-c4ccccc4[N+](=O)[O-])c(C)cc3=O)n2)cc1[N+](=O)[O-]. The number of thiazole rings is 1. The van der Waals surface area contributed by atoms with Crippen LogP contribution in [0, 0.1) is 34.1 Å². The number of hydrogen-bond donors (Lipinski definition) is 1. The monoisotopic (exact) mass is 492 g/mol. The molecule has 0 fully saturated rings. The Kier molecular flexibility index (Phi) is 6.16. The molecule has 1 N–H and O–H groups in total. The van der Waals surface area contributed by atoms with Gasteiger partial charge in [0.15, 0.2) is 10.8 Å². The van der Waals surface area contributed by atoms with Gasteiger partial charge >= 0.3 is 0 Å². The lowest BCUT2D eigenvalue weighted by atomic mass is 10.1. The van der Waals surface area contributed by atoms with Crippen LogP contribution in [-0.4, -0.2) is 30.5 Å². The lowest BCUT2D eigenvalue weighted by Gasteiger charge is -2.11. The van der Waals surface area contributed by atoms with Gasteiger partial charge in [-0.15, -0.1) is 11.3 Å². The average molecular weight is 492 g/mol. The molecule has 0 aliphatic heterocycles. The molecular formula is C22H16N6O6S. The van der Waals surface area contributed by atoms with Gasteiger partial charge in [-0.3, -0.25) is 35.1 Å². The number of aryl methyl sites for hydroxylation is 2. The Morgan fingerprint density at radius 1 is 1.03 bits per heavy atom. The zero-order chi connectivity index (χ0) is 25.3. The van der Waals surface area contributed by atoms with Crippen LogP contribution in [0.5, 0.6) is 0 Å². The van der Waals surface area contributed by atoms with Crippen molar-refractivity contribution in [2.75, 3.05) is 5.32 Å². The second-order valence-electron chi connectivity index (χ2n) is 7.41. The first-order valence-corrected chi connectivity index (χ1v) is 10.9. The number of benzene rings is 2. The highest BCUT2D eigenvalue weighted by Gasteiger charge is 2.21. The standard InChI is InChI=1S/C22H16N6O6S/c1-12-7-8-14(10-18(12)28(33)34)15-11-35-22(23-15)24-21(30)20-19(29)9-13(2)26(25-20)16-5-3-4-6-17(16)27(31)32/h3-11H,1-2H3,(H,23,24,30). The van der Waals surface area contributed by atoms with Crippen molar-refractivity contribution in [2.24, 2.45) is 0 Å². The van der Waals surface area contributed by atoms with Crippen LogP contribution in [0.15, 0.2) is 58.7 Å². The fourth-order valence-corrected chi connectivity index (χ4v) is 4.05. The number of nitro groups is 2. The molecule has 4 aromatic rings. The van der Waals surface area contributed by atoms with Crippen molar-refractivity contribution in [3.8, 4) is 16.9 Å². The summed E-state index contributed by atoms with van der Waals surface area (Å²) < 4.78 is 1.16. The highest BCUT2D eigenvalue weighted by molar-refractivity contribution is 7.14. The zero-order valence-corrected chi connectivity index (χ0v) is 19.1. The minimum atomic E-state index is -0.849. The highest BCUT2D eigenvalue weighted by Crippen LogP contribution is 2.29. The van der Waals surface area contributed by atoms with Crippen LogP contribution in [0.3, 0.4) is 0 Å². The summed E-state index contributed by atoms with van der Waals surface area (Å²) in [6.07, 6.45) is 0. The summed E-state index contributed by atoms with van der Waals surface area (Å²) in [5, 5.41) is 31.0. The van der Waals surface area contributed by atoms with Crippen molar-refractivity contribution in [3.63, 3.8) is 0 Å². The summed E-state index contributed by atoms with van der Waals surface area (Å²) >= 11 is 1.06. The number of para-hydroxylation sites is 2. The molecule has 35 heavy (non-hydrogen) atoms. The van der Waals surface area contributed by atoms with Crippen LogP contribution in [0.2, 0.25) is 0 Å². The molecule has 2 aromatic heterocycles. The minimum Gasteiger partial charge on any atom is -0.296 e. The fourth-order valence-electron chi connectivity index (χ4n) is 3.33. The third kappa shape index (κ3) is 4.65. The number of anilines is 1. The molecule has 0 saturated carbocycles. The van der Waals surface area contributed by atoms with E-state index < -0.39 is 26.9 Å². The van der Waals surface area contributed by atoms with Crippen molar-refractivity contribution < 1.29 is 14.6 Å². The van der Waals surface area contributed by atoms with Gasteiger partial charge in [-0.25, -0.2) is 9.67 Å². The topological polar surface area (TPSA) is 163 Å². The van der Waals surface area contributed by atoms with E-state index in [0.29, 0.717) is 22.5 Å². The number of carbonyl (C=O) groups is 1. The van der Waals surface area contributed by atoms with E-state index in [0.717, 1.165) is 22.1 Å². The lowest BCUT2D eigenvalue weighted by molar-refractivity contribution is -0.385. The molecule has 0 spiro atoms. The minimum absolute atomic E-state index is 0.0551. The summed E-state index contributed by atoms with van der Waals surface area (Å²) in [7, 11) is 0. The van der Waals surface area contributed by atoms with E-state index in [9.17, 15) is 29.8 Å². The molecule has 176 valence electrons. The Bertz CT molecular complexity index is 1560. The maximum Gasteiger partial charge on any atom is 0.294 e. The third-order valence-corrected chi connectivity index (χ3v) is 5.81. The number of aromatic nitrogens is 3.